The maximum absolute atomic E-state index is 14.3. The van der Waals surface area contributed by atoms with Crippen molar-refractivity contribution in [2.45, 2.75) is 69.5 Å². The van der Waals surface area contributed by atoms with Crippen LogP contribution in [0.2, 0.25) is 10.0 Å². The van der Waals surface area contributed by atoms with Gasteiger partial charge in [-0.15, -0.1) is 0 Å². The minimum atomic E-state index is -4.54. The molecule has 246 valence electrons. The third kappa shape index (κ3) is 8.09. The molecule has 1 saturated carbocycles. The Morgan fingerprint density at radius 3 is 2.33 bits per heavy atom. The number of hydrogen-bond acceptors (Lipinski definition) is 7. The van der Waals surface area contributed by atoms with E-state index in [0.717, 1.165) is 36.1 Å². The van der Waals surface area contributed by atoms with Gasteiger partial charge in [0.05, 0.1) is 22.6 Å². The Morgan fingerprint density at radius 1 is 1.07 bits per heavy atom. The van der Waals surface area contributed by atoms with Gasteiger partial charge in [0, 0.05) is 34.3 Å². The summed E-state index contributed by atoms with van der Waals surface area (Å²) >= 11 is 12.6. The lowest BCUT2D eigenvalue weighted by Gasteiger charge is -2.34. The van der Waals surface area contributed by atoms with Crippen LogP contribution in [0, 0.1) is 17.0 Å². The minimum absolute atomic E-state index is 0.00822. The predicted molar refractivity (Wildman–Crippen MR) is 177 cm³/mol. The van der Waals surface area contributed by atoms with Crippen LogP contribution in [0.5, 0.6) is 5.75 Å². The number of methoxy groups -OCH3 is 1. The van der Waals surface area contributed by atoms with Crippen LogP contribution in [0.1, 0.15) is 50.2 Å². The van der Waals surface area contributed by atoms with Gasteiger partial charge in [0.25, 0.3) is 15.7 Å². The average Bonchev–Trinajstić information content (AvgIpc) is 3.53. The number of ether oxygens (including phenoxy) is 1. The molecule has 1 N–H and O–H groups in total. The van der Waals surface area contributed by atoms with Gasteiger partial charge in [-0.2, -0.15) is 0 Å². The van der Waals surface area contributed by atoms with Crippen molar-refractivity contribution >= 4 is 56.4 Å². The van der Waals surface area contributed by atoms with E-state index in [4.69, 9.17) is 27.9 Å². The largest absolute Gasteiger partial charge is 0.497 e. The number of rotatable bonds is 13. The SMILES string of the molecule is CC[C@H](C(=O)NC1CCCC1)N(Cc1ccc(Cl)cc1Cl)C(=O)CN(c1ccc(OC)cc1)S(=O)(=O)c1ccc(C)c([N+](=O)[O-])c1. The number of nitro groups is 1. The van der Waals surface area contributed by atoms with Crippen molar-refractivity contribution in [1.82, 2.24) is 10.2 Å². The van der Waals surface area contributed by atoms with Crippen molar-refractivity contribution < 1.29 is 27.7 Å². The number of aryl methyl sites for hydroxylation is 1. The molecule has 0 unspecified atom stereocenters. The van der Waals surface area contributed by atoms with Gasteiger partial charge in [-0.05, 0) is 74.2 Å². The molecule has 4 rings (SSSR count). The van der Waals surface area contributed by atoms with Crippen molar-refractivity contribution in [2.75, 3.05) is 18.0 Å². The quantitative estimate of drug-likeness (QED) is 0.164. The van der Waals surface area contributed by atoms with Gasteiger partial charge in [0.2, 0.25) is 11.8 Å². The molecule has 2 amide bonds. The topological polar surface area (TPSA) is 139 Å². The molecule has 3 aromatic carbocycles. The molecule has 14 heteroatoms. The molecular formula is C32H36Cl2N4O7S. The number of anilines is 1. The maximum Gasteiger partial charge on any atom is 0.273 e. The van der Waals surface area contributed by atoms with Crippen molar-refractivity contribution in [1.29, 1.82) is 0 Å². The zero-order valence-corrected chi connectivity index (χ0v) is 28.1. The number of nitrogens with zero attached hydrogens (tertiary/aromatic N) is 3. The van der Waals surface area contributed by atoms with Crippen molar-refractivity contribution in [3.05, 3.63) is 92.0 Å². The van der Waals surface area contributed by atoms with Gasteiger partial charge >= 0.3 is 0 Å². The third-order valence-corrected chi connectivity index (χ3v) is 10.4. The summed E-state index contributed by atoms with van der Waals surface area (Å²) in [6, 6.07) is 13.4. The molecule has 46 heavy (non-hydrogen) atoms. The Morgan fingerprint density at radius 2 is 1.74 bits per heavy atom. The highest BCUT2D eigenvalue weighted by atomic mass is 35.5. The second-order valence-electron chi connectivity index (χ2n) is 11.1. The van der Waals surface area contributed by atoms with Gasteiger partial charge in [-0.1, -0.05) is 55.1 Å². The van der Waals surface area contributed by atoms with Gasteiger partial charge in [0.15, 0.2) is 0 Å². The maximum atomic E-state index is 14.3. The smallest absolute Gasteiger partial charge is 0.273 e. The van der Waals surface area contributed by atoms with Crippen LogP contribution in [-0.4, -0.2) is 55.8 Å². The highest BCUT2D eigenvalue weighted by molar-refractivity contribution is 7.92. The lowest BCUT2D eigenvalue weighted by atomic mass is 10.1. The van der Waals surface area contributed by atoms with Crippen LogP contribution in [0.4, 0.5) is 11.4 Å². The van der Waals surface area contributed by atoms with Crippen LogP contribution >= 0.6 is 23.2 Å². The molecule has 3 aromatic rings. The Labute approximate surface area is 278 Å². The lowest BCUT2D eigenvalue weighted by Crippen LogP contribution is -2.53. The normalized spacial score (nSPS) is 14.0. The molecule has 0 spiro atoms. The van der Waals surface area contributed by atoms with E-state index >= 15 is 0 Å². The fourth-order valence-electron chi connectivity index (χ4n) is 5.47. The molecule has 0 aromatic heterocycles. The van der Waals surface area contributed by atoms with E-state index in [2.05, 4.69) is 5.32 Å². The van der Waals surface area contributed by atoms with Crippen molar-refractivity contribution in [2.24, 2.45) is 0 Å². The fraction of sp³-hybridized carbons (Fsp3) is 0.375. The zero-order chi connectivity index (χ0) is 33.6. The second kappa shape index (κ2) is 15.1. The number of sulfonamides is 1. The van der Waals surface area contributed by atoms with E-state index in [1.807, 2.05) is 0 Å². The summed E-state index contributed by atoms with van der Waals surface area (Å²) in [5.41, 5.74) is 0.529. The minimum Gasteiger partial charge on any atom is -0.497 e. The van der Waals surface area contributed by atoms with Gasteiger partial charge in [-0.3, -0.25) is 24.0 Å². The molecule has 0 radical (unpaired) electrons. The van der Waals surface area contributed by atoms with E-state index in [1.165, 1.54) is 61.4 Å². The Kier molecular flexibility index (Phi) is 11.5. The number of carbonyl (C=O) groups excluding carboxylic acids is 2. The summed E-state index contributed by atoms with van der Waals surface area (Å²) in [6.07, 6.45) is 3.92. The Balaban J connectivity index is 1.78. The van der Waals surface area contributed by atoms with Gasteiger partial charge < -0.3 is 15.0 Å². The number of nitrogens with one attached hydrogen (secondary N) is 1. The number of hydrogen-bond donors (Lipinski definition) is 1. The Bertz CT molecular complexity index is 1700. The monoisotopic (exact) mass is 690 g/mol. The molecule has 0 aliphatic heterocycles. The standard InChI is InChI=1S/C32H36Cl2N4O7S/c1-4-29(32(40)35-24-7-5-6-8-24)36(19-22-10-11-23(33)17-28(22)34)31(39)20-37(25-12-14-26(45-3)15-13-25)46(43,44)27-16-9-21(2)30(18-27)38(41)42/h9-18,24,29H,4-8,19-20H2,1-3H3,(H,35,40)/t29-/m1/s1. The summed E-state index contributed by atoms with van der Waals surface area (Å²) < 4.78 is 34.4. The summed E-state index contributed by atoms with van der Waals surface area (Å²) in [6.45, 7) is 2.46. The summed E-state index contributed by atoms with van der Waals surface area (Å²) in [4.78, 5) is 39.9. The first-order chi connectivity index (χ1) is 21.8. The van der Waals surface area contributed by atoms with E-state index in [1.54, 1.807) is 19.1 Å². The molecule has 1 fully saturated rings. The number of nitro benzene ring substituents is 1. The molecule has 0 bridgehead atoms. The Hall–Kier alpha value is -3.87. The second-order valence-corrected chi connectivity index (χ2v) is 13.8. The molecule has 1 aliphatic rings. The summed E-state index contributed by atoms with van der Waals surface area (Å²) in [5.74, 6) is -0.576. The van der Waals surface area contributed by atoms with Crippen molar-refractivity contribution in [3.8, 4) is 5.75 Å². The molecule has 11 nitrogen and oxygen atoms in total. The number of carbonyl (C=O) groups is 2. The van der Waals surface area contributed by atoms with E-state index in [-0.39, 0.29) is 51.8 Å². The molecular weight excluding hydrogens is 655 g/mol. The van der Waals surface area contributed by atoms with Crippen LogP contribution in [0.3, 0.4) is 0 Å². The summed E-state index contributed by atoms with van der Waals surface area (Å²) in [7, 11) is -3.08. The predicted octanol–water partition coefficient (Wildman–Crippen LogP) is 6.28. The molecule has 0 saturated heterocycles. The number of benzene rings is 3. The first kappa shape index (κ1) is 35.0. The first-order valence-electron chi connectivity index (χ1n) is 14.8. The molecule has 0 heterocycles. The van der Waals surface area contributed by atoms with E-state index in [0.29, 0.717) is 16.3 Å². The number of halogens is 2. The van der Waals surface area contributed by atoms with E-state index < -0.39 is 33.4 Å². The molecule has 1 aliphatic carbocycles. The zero-order valence-electron chi connectivity index (χ0n) is 25.7. The third-order valence-electron chi connectivity index (χ3n) is 8.05. The van der Waals surface area contributed by atoms with Crippen LogP contribution in [-0.2, 0) is 26.2 Å². The first-order valence-corrected chi connectivity index (χ1v) is 17.0. The molecule has 1 atom stereocenters. The van der Waals surface area contributed by atoms with Crippen molar-refractivity contribution in [3.63, 3.8) is 0 Å². The van der Waals surface area contributed by atoms with Crippen LogP contribution in [0.25, 0.3) is 0 Å². The van der Waals surface area contributed by atoms with Gasteiger partial charge in [-0.25, -0.2) is 8.42 Å². The average molecular weight is 692 g/mol. The van der Waals surface area contributed by atoms with Gasteiger partial charge in [0.1, 0.15) is 18.3 Å². The fourth-order valence-corrected chi connectivity index (χ4v) is 7.37. The highest BCUT2D eigenvalue weighted by Gasteiger charge is 2.35. The highest BCUT2D eigenvalue weighted by Crippen LogP contribution is 2.30. The summed E-state index contributed by atoms with van der Waals surface area (Å²) in [5, 5.41) is 15.4. The van der Waals surface area contributed by atoms with E-state index in [9.17, 15) is 28.1 Å². The van der Waals surface area contributed by atoms with Crippen LogP contribution in [0.15, 0.2) is 65.6 Å². The number of amides is 2. The lowest BCUT2D eigenvalue weighted by molar-refractivity contribution is -0.385. The van der Waals surface area contributed by atoms with Crippen LogP contribution < -0.4 is 14.4 Å².